The van der Waals surface area contributed by atoms with Gasteiger partial charge < -0.3 is 4.57 Å². The summed E-state index contributed by atoms with van der Waals surface area (Å²) in [6.07, 6.45) is 10.8. The Labute approximate surface area is 154 Å². The molecule has 1 aromatic carbocycles. The highest BCUT2D eigenvalue weighted by Gasteiger charge is 2.30. The molecule has 3 heterocycles. The Kier molecular flexibility index (Phi) is 4.19. The fourth-order valence-electron chi connectivity index (χ4n) is 3.96. The second-order valence-electron chi connectivity index (χ2n) is 7.54. The van der Waals surface area contributed by atoms with E-state index in [1.165, 1.54) is 50.1 Å². The van der Waals surface area contributed by atoms with Gasteiger partial charge in [0, 0.05) is 69.3 Å². The van der Waals surface area contributed by atoms with Gasteiger partial charge in [0.2, 0.25) is 0 Å². The summed E-state index contributed by atoms with van der Waals surface area (Å²) in [6.45, 7) is 7.13. The number of nitrogens with zero attached hydrogens (tertiary/aromatic N) is 5. The maximum Gasteiger partial charge on any atom is 0.116 e. The Morgan fingerprint density at radius 1 is 0.962 bits per heavy atom. The first-order chi connectivity index (χ1) is 12.8. The van der Waals surface area contributed by atoms with Crippen LogP contribution in [0.15, 0.2) is 49.2 Å². The zero-order valence-electron chi connectivity index (χ0n) is 15.1. The predicted molar refractivity (Wildman–Crippen MR) is 104 cm³/mol. The van der Waals surface area contributed by atoms with Crippen LogP contribution in [0.3, 0.4) is 0 Å². The number of fused-ring (bicyclic) bond motifs is 1. The van der Waals surface area contributed by atoms with E-state index in [0.717, 1.165) is 30.0 Å². The third-order valence-corrected chi connectivity index (χ3v) is 5.73. The van der Waals surface area contributed by atoms with Crippen molar-refractivity contribution in [3.05, 3.63) is 49.2 Å². The highest BCUT2D eigenvalue weighted by molar-refractivity contribution is 5.83. The maximum atomic E-state index is 4.30. The molecule has 26 heavy (non-hydrogen) atoms. The van der Waals surface area contributed by atoms with Gasteiger partial charge in [-0.25, -0.2) is 9.97 Å². The van der Waals surface area contributed by atoms with Gasteiger partial charge in [0.05, 0.1) is 5.52 Å². The Balaban J connectivity index is 1.21. The van der Waals surface area contributed by atoms with Gasteiger partial charge in [-0.2, -0.15) is 0 Å². The summed E-state index contributed by atoms with van der Waals surface area (Å²) in [5.74, 6) is 0. The Morgan fingerprint density at radius 2 is 1.85 bits per heavy atom. The van der Waals surface area contributed by atoms with E-state index in [1.807, 2.05) is 6.20 Å². The van der Waals surface area contributed by atoms with E-state index in [4.69, 9.17) is 0 Å². The smallest absolute Gasteiger partial charge is 0.116 e. The van der Waals surface area contributed by atoms with Gasteiger partial charge in [0.1, 0.15) is 6.33 Å². The van der Waals surface area contributed by atoms with Gasteiger partial charge in [-0.15, -0.1) is 0 Å². The monoisotopic (exact) mass is 347 g/mol. The minimum atomic E-state index is 0.913. The lowest BCUT2D eigenvalue weighted by atomic mass is 10.1. The number of hydrogen-bond acceptors (Lipinski definition) is 4. The maximum absolute atomic E-state index is 4.30. The first-order valence-electron chi connectivity index (χ1n) is 9.67. The van der Waals surface area contributed by atoms with Crippen LogP contribution in [0.25, 0.3) is 22.0 Å². The molecular weight excluding hydrogens is 322 g/mol. The highest BCUT2D eigenvalue weighted by Crippen LogP contribution is 2.27. The number of aromatic nitrogens is 3. The summed E-state index contributed by atoms with van der Waals surface area (Å²) in [6, 6.07) is 9.51. The minimum Gasteiger partial charge on any atom is -0.352 e. The summed E-state index contributed by atoms with van der Waals surface area (Å²) >= 11 is 0. The summed E-state index contributed by atoms with van der Waals surface area (Å²) in [5.41, 5.74) is 3.48. The number of rotatable bonds is 5. The fraction of sp³-hybridized carbons (Fsp3) is 0.429. The highest BCUT2D eigenvalue weighted by atomic mass is 15.3. The van der Waals surface area contributed by atoms with Crippen molar-refractivity contribution in [3.63, 3.8) is 0 Å². The average Bonchev–Trinajstić information content (AvgIpc) is 3.44. The largest absolute Gasteiger partial charge is 0.352 e. The standard InChI is InChI=1S/C21H25N5/c1-4-21-19(14-22-16-23-21)13-17(1)18-5-6-25(15-18)8-7-24-9-11-26(12-10-24)20-2-3-20/h1,4-6,13-16,20H,2-3,7-12H2. The summed E-state index contributed by atoms with van der Waals surface area (Å²) in [4.78, 5) is 13.7. The van der Waals surface area contributed by atoms with Crippen molar-refractivity contribution in [2.24, 2.45) is 0 Å². The molecule has 2 aromatic heterocycles. The lowest BCUT2D eigenvalue weighted by molar-refractivity contribution is 0.123. The molecule has 5 heteroatoms. The third kappa shape index (κ3) is 3.37. The van der Waals surface area contributed by atoms with Gasteiger partial charge in [-0.1, -0.05) is 6.07 Å². The summed E-state index contributed by atoms with van der Waals surface area (Å²) < 4.78 is 2.31. The molecule has 5 rings (SSSR count). The van der Waals surface area contributed by atoms with Crippen LogP contribution < -0.4 is 0 Å². The lowest BCUT2D eigenvalue weighted by Gasteiger charge is -2.34. The molecule has 0 unspecified atom stereocenters. The molecule has 3 aromatic rings. The molecule has 1 saturated carbocycles. The Morgan fingerprint density at radius 3 is 2.69 bits per heavy atom. The molecule has 2 aliphatic rings. The van der Waals surface area contributed by atoms with Gasteiger partial charge in [-0.3, -0.25) is 9.80 Å². The van der Waals surface area contributed by atoms with E-state index in [9.17, 15) is 0 Å². The molecule has 1 aliphatic carbocycles. The van der Waals surface area contributed by atoms with Crippen LogP contribution in [0.2, 0.25) is 0 Å². The van der Waals surface area contributed by atoms with Crippen LogP contribution in [-0.4, -0.2) is 63.1 Å². The number of piperazine rings is 1. The van der Waals surface area contributed by atoms with Crippen molar-refractivity contribution in [2.45, 2.75) is 25.4 Å². The third-order valence-electron chi connectivity index (χ3n) is 5.73. The molecule has 0 spiro atoms. The molecular formula is C21H25N5. The SMILES string of the molecule is c1ncc2cc(-c3ccn(CCN4CCN(C5CC5)CC4)c3)ccc2n1. The Bertz CT molecular complexity index is 890. The van der Waals surface area contributed by atoms with Crippen molar-refractivity contribution in [1.29, 1.82) is 0 Å². The zero-order chi connectivity index (χ0) is 17.3. The molecule has 5 nitrogen and oxygen atoms in total. The number of hydrogen-bond donors (Lipinski definition) is 0. The molecule has 0 bridgehead atoms. The minimum absolute atomic E-state index is 0.913. The molecule has 134 valence electrons. The van der Waals surface area contributed by atoms with Crippen LogP contribution in [0.4, 0.5) is 0 Å². The van der Waals surface area contributed by atoms with E-state index in [1.54, 1.807) is 6.33 Å². The molecule has 0 amide bonds. The van der Waals surface area contributed by atoms with Crippen molar-refractivity contribution < 1.29 is 0 Å². The first kappa shape index (κ1) is 16.0. The van der Waals surface area contributed by atoms with Gasteiger partial charge >= 0.3 is 0 Å². The first-order valence-corrected chi connectivity index (χ1v) is 9.67. The molecule has 2 fully saturated rings. The Hall–Kier alpha value is -2.24. The van der Waals surface area contributed by atoms with Crippen LogP contribution in [-0.2, 0) is 6.54 Å². The van der Waals surface area contributed by atoms with Crippen LogP contribution in [0.5, 0.6) is 0 Å². The van der Waals surface area contributed by atoms with E-state index in [-0.39, 0.29) is 0 Å². The average molecular weight is 347 g/mol. The number of benzene rings is 1. The van der Waals surface area contributed by atoms with Gasteiger partial charge in [-0.05, 0) is 42.2 Å². The summed E-state index contributed by atoms with van der Waals surface area (Å²) in [7, 11) is 0. The van der Waals surface area contributed by atoms with Gasteiger partial charge in [0.15, 0.2) is 0 Å². The van der Waals surface area contributed by atoms with Crippen LogP contribution >= 0.6 is 0 Å². The van der Waals surface area contributed by atoms with Crippen molar-refractivity contribution in [2.75, 3.05) is 32.7 Å². The zero-order valence-corrected chi connectivity index (χ0v) is 15.1. The second-order valence-corrected chi connectivity index (χ2v) is 7.54. The normalized spacial score (nSPS) is 19.2. The van der Waals surface area contributed by atoms with E-state index < -0.39 is 0 Å². The van der Waals surface area contributed by atoms with Gasteiger partial charge in [0.25, 0.3) is 0 Å². The van der Waals surface area contributed by atoms with Crippen molar-refractivity contribution >= 4 is 10.9 Å². The lowest BCUT2D eigenvalue weighted by Crippen LogP contribution is -2.47. The quantitative estimate of drug-likeness (QED) is 0.711. The summed E-state index contributed by atoms with van der Waals surface area (Å²) in [5, 5.41) is 1.09. The topological polar surface area (TPSA) is 37.2 Å². The molecule has 1 aliphatic heterocycles. The predicted octanol–water partition coefficient (Wildman–Crippen LogP) is 2.88. The fourth-order valence-corrected chi connectivity index (χ4v) is 3.96. The molecule has 0 radical (unpaired) electrons. The van der Waals surface area contributed by atoms with Crippen molar-refractivity contribution in [1.82, 2.24) is 24.3 Å². The van der Waals surface area contributed by atoms with Crippen LogP contribution in [0.1, 0.15) is 12.8 Å². The van der Waals surface area contributed by atoms with E-state index in [2.05, 4.69) is 61.0 Å². The molecule has 0 N–H and O–H groups in total. The second kappa shape index (κ2) is 6.82. The molecule has 0 atom stereocenters. The van der Waals surface area contributed by atoms with Crippen molar-refractivity contribution in [3.8, 4) is 11.1 Å². The van der Waals surface area contributed by atoms with E-state index >= 15 is 0 Å². The molecule has 1 saturated heterocycles. The van der Waals surface area contributed by atoms with Crippen LogP contribution in [0, 0.1) is 0 Å². The van der Waals surface area contributed by atoms with E-state index in [0.29, 0.717) is 0 Å².